The number of allylic oxidation sites excluding steroid dienone is 1. The topological polar surface area (TPSA) is 43.6 Å². The smallest absolute Gasteiger partial charge is 0.167 e. The summed E-state index contributed by atoms with van der Waals surface area (Å²) in [6, 6.07) is 4.17. The predicted molar refractivity (Wildman–Crippen MR) is 65.2 cm³/mol. The van der Waals surface area contributed by atoms with Gasteiger partial charge in [-0.25, -0.2) is 0 Å². The van der Waals surface area contributed by atoms with Crippen molar-refractivity contribution in [3.8, 4) is 10.7 Å². The molecule has 0 aliphatic rings. The Labute approximate surface area is 98.6 Å². The lowest BCUT2D eigenvalue weighted by atomic mass is 10.1. The van der Waals surface area contributed by atoms with Crippen LogP contribution >= 0.6 is 11.3 Å². The Kier molecular flexibility index (Phi) is 3.14. The lowest BCUT2D eigenvalue weighted by Crippen LogP contribution is -1.91. The van der Waals surface area contributed by atoms with Crippen LogP contribution in [0.2, 0.25) is 0 Å². The molecule has 0 aliphatic heterocycles. The highest BCUT2D eigenvalue weighted by Gasteiger charge is 2.09. The van der Waals surface area contributed by atoms with Crippen molar-refractivity contribution in [1.29, 1.82) is 0 Å². The largest absolute Gasteiger partial charge is 0.214 e. The maximum Gasteiger partial charge on any atom is 0.214 e. The fourth-order valence-electron chi connectivity index (χ4n) is 1.39. The van der Waals surface area contributed by atoms with Crippen LogP contribution in [-0.4, -0.2) is 20.2 Å². The molecule has 1 unspecified atom stereocenters. The van der Waals surface area contributed by atoms with Gasteiger partial charge >= 0.3 is 0 Å². The second kappa shape index (κ2) is 4.57. The summed E-state index contributed by atoms with van der Waals surface area (Å²) in [5, 5.41) is 12.0. The highest BCUT2D eigenvalue weighted by Crippen LogP contribution is 2.26. The minimum atomic E-state index is 0.501. The first kappa shape index (κ1) is 11.0. The van der Waals surface area contributed by atoms with Crippen molar-refractivity contribution in [2.24, 2.45) is 13.0 Å². The van der Waals surface area contributed by atoms with E-state index in [1.54, 1.807) is 18.4 Å². The highest BCUT2D eigenvalue weighted by molar-refractivity contribution is 7.15. The van der Waals surface area contributed by atoms with E-state index in [0.717, 1.165) is 11.3 Å². The van der Waals surface area contributed by atoms with Crippen LogP contribution in [0.1, 0.15) is 11.8 Å². The summed E-state index contributed by atoms with van der Waals surface area (Å²) < 4.78 is 0. The van der Waals surface area contributed by atoms with Crippen LogP contribution in [0.25, 0.3) is 10.7 Å². The maximum atomic E-state index is 4.18. The van der Waals surface area contributed by atoms with E-state index in [1.165, 1.54) is 9.67 Å². The molecule has 2 aromatic heterocycles. The third kappa shape index (κ3) is 2.36. The molecular weight excluding hydrogens is 220 g/mol. The Bertz CT molecular complexity index is 486. The molecule has 2 rings (SSSR count). The van der Waals surface area contributed by atoms with E-state index in [2.05, 4.69) is 35.0 Å². The first-order chi connectivity index (χ1) is 7.69. The number of thiophene rings is 1. The van der Waals surface area contributed by atoms with Crippen LogP contribution in [0.15, 0.2) is 24.8 Å². The van der Waals surface area contributed by atoms with Crippen molar-refractivity contribution in [2.45, 2.75) is 13.3 Å². The minimum Gasteiger partial charge on any atom is -0.167 e. The summed E-state index contributed by atoms with van der Waals surface area (Å²) in [7, 11) is 1.77. The molecule has 0 bridgehead atoms. The summed E-state index contributed by atoms with van der Waals surface area (Å²) in [4.78, 5) is 3.87. The van der Waals surface area contributed by atoms with Gasteiger partial charge in [0.25, 0.3) is 0 Å². The molecule has 0 spiro atoms. The van der Waals surface area contributed by atoms with E-state index in [0.29, 0.717) is 11.7 Å². The average molecular weight is 234 g/mol. The zero-order valence-electron chi connectivity index (χ0n) is 9.42. The van der Waals surface area contributed by atoms with E-state index >= 15 is 0 Å². The summed E-state index contributed by atoms with van der Waals surface area (Å²) in [6.07, 6.45) is 2.99. The van der Waals surface area contributed by atoms with Gasteiger partial charge in [0.15, 0.2) is 0 Å². The standard InChI is InChI=1S/C11H14N4S/c1-4-8(2)7-9-5-6-10(16-9)11-12-14-15(3)13-11/h4-6,8H,1,7H2,2-3H3. The molecule has 5 heteroatoms. The number of hydrogen-bond acceptors (Lipinski definition) is 4. The normalized spacial score (nSPS) is 12.6. The summed E-state index contributed by atoms with van der Waals surface area (Å²) in [5.74, 6) is 1.20. The maximum absolute atomic E-state index is 4.18. The van der Waals surface area contributed by atoms with Gasteiger partial charge in [0.05, 0.1) is 11.9 Å². The van der Waals surface area contributed by atoms with E-state index in [1.807, 2.05) is 12.1 Å². The minimum absolute atomic E-state index is 0.501. The van der Waals surface area contributed by atoms with Crippen molar-refractivity contribution >= 4 is 11.3 Å². The number of hydrogen-bond donors (Lipinski definition) is 0. The monoisotopic (exact) mass is 234 g/mol. The van der Waals surface area contributed by atoms with Crippen LogP contribution in [0.4, 0.5) is 0 Å². The molecule has 0 N–H and O–H groups in total. The molecule has 84 valence electrons. The number of nitrogens with zero attached hydrogens (tertiary/aromatic N) is 4. The van der Waals surface area contributed by atoms with Gasteiger partial charge in [-0.15, -0.1) is 28.1 Å². The molecule has 4 nitrogen and oxygen atoms in total. The Morgan fingerprint density at radius 1 is 1.56 bits per heavy atom. The van der Waals surface area contributed by atoms with Gasteiger partial charge in [-0.05, 0) is 29.7 Å². The molecule has 0 aliphatic carbocycles. The van der Waals surface area contributed by atoms with Crippen molar-refractivity contribution in [3.05, 3.63) is 29.7 Å². The van der Waals surface area contributed by atoms with Crippen molar-refractivity contribution < 1.29 is 0 Å². The molecule has 2 heterocycles. The summed E-state index contributed by atoms with van der Waals surface area (Å²) in [5.41, 5.74) is 0. The second-order valence-corrected chi connectivity index (χ2v) is 4.95. The Morgan fingerprint density at radius 3 is 3.00 bits per heavy atom. The quantitative estimate of drug-likeness (QED) is 0.762. The molecular formula is C11H14N4S. The third-order valence-electron chi connectivity index (χ3n) is 2.32. The van der Waals surface area contributed by atoms with Crippen LogP contribution in [-0.2, 0) is 13.5 Å². The van der Waals surface area contributed by atoms with Gasteiger partial charge < -0.3 is 0 Å². The molecule has 0 fully saturated rings. The molecule has 0 aromatic carbocycles. The van der Waals surface area contributed by atoms with Crippen molar-refractivity contribution in [3.63, 3.8) is 0 Å². The SMILES string of the molecule is C=CC(C)Cc1ccc(-c2nnn(C)n2)s1. The Balaban J connectivity index is 2.16. The van der Waals surface area contributed by atoms with Gasteiger partial charge in [0.2, 0.25) is 5.82 Å². The van der Waals surface area contributed by atoms with E-state index in [4.69, 9.17) is 0 Å². The zero-order valence-corrected chi connectivity index (χ0v) is 10.2. The van der Waals surface area contributed by atoms with E-state index < -0.39 is 0 Å². The summed E-state index contributed by atoms with van der Waals surface area (Å²) >= 11 is 1.72. The molecule has 2 aromatic rings. The van der Waals surface area contributed by atoms with Gasteiger partial charge in [0.1, 0.15) is 0 Å². The van der Waals surface area contributed by atoms with Crippen LogP contribution in [0, 0.1) is 5.92 Å². The number of tetrazole rings is 1. The Hall–Kier alpha value is -1.49. The predicted octanol–water partition coefficient (Wildman–Crippen LogP) is 2.30. The fourth-order valence-corrected chi connectivity index (χ4v) is 2.46. The van der Waals surface area contributed by atoms with Crippen molar-refractivity contribution in [2.75, 3.05) is 0 Å². The molecule has 16 heavy (non-hydrogen) atoms. The lowest BCUT2D eigenvalue weighted by molar-refractivity contribution is 0.630. The third-order valence-corrected chi connectivity index (χ3v) is 3.42. The lowest BCUT2D eigenvalue weighted by Gasteiger charge is -2.01. The molecule has 0 radical (unpaired) electrons. The van der Waals surface area contributed by atoms with Gasteiger partial charge in [0, 0.05) is 4.88 Å². The van der Waals surface area contributed by atoms with Gasteiger partial charge in [-0.2, -0.15) is 4.80 Å². The van der Waals surface area contributed by atoms with Crippen LogP contribution in [0.5, 0.6) is 0 Å². The van der Waals surface area contributed by atoms with E-state index in [-0.39, 0.29) is 0 Å². The average Bonchev–Trinajstić information content (AvgIpc) is 2.87. The fraction of sp³-hybridized carbons (Fsp3) is 0.364. The second-order valence-electron chi connectivity index (χ2n) is 3.79. The molecule has 0 saturated carbocycles. The first-order valence-corrected chi connectivity index (χ1v) is 5.96. The van der Waals surface area contributed by atoms with Crippen LogP contribution in [0.3, 0.4) is 0 Å². The van der Waals surface area contributed by atoms with Crippen LogP contribution < -0.4 is 0 Å². The van der Waals surface area contributed by atoms with E-state index in [9.17, 15) is 0 Å². The molecule has 1 atom stereocenters. The van der Waals surface area contributed by atoms with Gasteiger partial charge in [-0.3, -0.25) is 0 Å². The zero-order chi connectivity index (χ0) is 11.5. The highest BCUT2D eigenvalue weighted by atomic mass is 32.1. The van der Waals surface area contributed by atoms with Crippen molar-refractivity contribution in [1.82, 2.24) is 20.2 Å². The first-order valence-electron chi connectivity index (χ1n) is 5.14. The molecule has 0 amide bonds. The number of rotatable bonds is 4. The Morgan fingerprint density at radius 2 is 2.38 bits per heavy atom. The number of aromatic nitrogens is 4. The van der Waals surface area contributed by atoms with Gasteiger partial charge in [-0.1, -0.05) is 13.0 Å². The number of aryl methyl sites for hydroxylation is 1. The summed E-state index contributed by atoms with van der Waals surface area (Å²) in [6.45, 7) is 5.95. The molecule has 0 saturated heterocycles.